The highest BCUT2D eigenvalue weighted by Crippen LogP contribution is 2.19. The molecule has 24 heavy (non-hydrogen) atoms. The summed E-state index contributed by atoms with van der Waals surface area (Å²) in [6.07, 6.45) is 1.04. The molecular weight excluding hydrogens is 368 g/mol. The molecule has 0 saturated carbocycles. The Balaban J connectivity index is 1.75. The van der Waals surface area contributed by atoms with E-state index in [0.29, 0.717) is 12.8 Å². The molecule has 2 N–H and O–H groups in total. The second-order valence-corrected chi connectivity index (χ2v) is 6.69. The lowest BCUT2D eigenvalue weighted by Gasteiger charge is -2.10. The standard InChI is InChI=1S/C19H21BrN2O2/c1-13-4-3-5-15(10-13)6-9-18(23)21-12-19(24)22-17-8-7-16(20)11-14(17)2/h3-5,7-8,10-11H,6,9,12H2,1-2H3,(H,21,23)(H,22,24). The molecule has 2 amide bonds. The lowest BCUT2D eigenvalue weighted by Crippen LogP contribution is -2.33. The summed E-state index contributed by atoms with van der Waals surface area (Å²) in [6, 6.07) is 13.7. The molecule has 4 nitrogen and oxygen atoms in total. The van der Waals surface area contributed by atoms with Crippen LogP contribution in [-0.2, 0) is 16.0 Å². The Morgan fingerprint density at radius 2 is 1.83 bits per heavy atom. The minimum absolute atomic E-state index is 0.0256. The number of hydrogen-bond donors (Lipinski definition) is 2. The van der Waals surface area contributed by atoms with Crippen molar-refractivity contribution < 1.29 is 9.59 Å². The average molecular weight is 389 g/mol. The van der Waals surface area contributed by atoms with E-state index in [1.807, 2.05) is 50.2 Å². The van der Waals surface area contributed by atoms with E-state index >= 15 is 0 Å². The number of anilines is 1. The van der Waals surface area contributed by atoms with Gasteiger partial charge >= 0.3 is 0 Å². The van der Waals surface area contributed by atoms with Gasteiger partial charge in [0.2, 0.25) is 11.8 Å². The predicted octanol–water partition coefficient (Wildman–Crippen LogP) is 3.75. The summed E-state index contributed by atoms with van der Waals surface area (Å²) in [7, 11) is 0. The maximum atomic E-state index is 11.9. The highest BCUT2D eigenvalue weighted by atomic mass is 79.9. The van der Waals surface area contributed by atoms with Crippen LogP contribution in [0.2, 0.25) is 0 Å². The van der Waals surface area contributed by atoms with Crippen molar-refractivity contribution >= 4 is 33.4 Å². The first-order valence-corrected chi connectivity index (χ1v) is 8.61. The van der Waals surface area contributed by atoms with Crippen LogP contribution >= 0.6 is 15.9 Å². The number of rotatable bonds is 6. The van der Waals surface area contributed by atoms with Gasteiger partial charge in [0.05, 0.1) is 6.54 Å². The summed E-state index contributed by atoms with van der Waals surface area (Å²) in [5, 5.41) is 5.46. The molecule has 0 aliphatic heterocycles. The second-order valence-electron chi connectivity index (χ2n) is 5.77. The van der Waals surface area contributed by atoms with Crippen molar-refractivity contribution in [3.05, 3.63) is 63.6 Å². The third-order valence-corrected chi connectivity index (χ3v) is 4.13. The summed E-state index contributed by atoms with van der Waals surface area (Å²) in [5.74, 6) is -0.358. The second kappa shape index (κ2) is 8.64. The van der Waals surface area contributed by atoms with Crippen molar-refractivity contribution in [2.24, 2.45) is 0 Å². The molecule has 0 spiro atoms. The van der Waals surface area contributed by atoms with E-state index in [1.54, 1.807) is 0 Å². The number of halogens is 1. The summed E-state index contributed by atoms with van der Waals surface area (Å²) in [5.41, 5.74) is 4.01. The Morgan fingerprint density at radius 1 is 1.04 bits per heavy atom. The van der Waals surface area contributed by atoms with E-state index in [9.17, 15) is 9.59 Å². The van der Waals surface area contributed by atoms with Gasteiger partial charge in [0, 0.05) is 16.6 Å². The maximum Gasteiger partial charge on any atom is 0.243 e. The Hall–Kier alpha value is -2.14. The van der Waals surface area contributed by atoms with Crippen LogP contribution in [-0.4, -0.2) is 18.4 Å². The highest BCUT2D eigenvalue weighted by molar-refractivity contribution is 9.10. The average Bonchev–Trinajstić information content (AvgIpc) is 2.54. The zero-order valence-corrected chi connectivity index (χ0v) is 15.4. The highest BCUT2D eigenvalue weighted by Gasteiger charge is 2.08. The summed E-state index contributed by atoms with van der Waals surface area (Å²) in [4.78, 5) is 23.8. The number of hydrogen-bond acceptors (Lipinski definition) is 2. The van der Waals surface area contributed by atoms with Gasteiger partial charge in [-0.1, -0.05) is 45.8 Å². The van der Waals surface area contributed by atoms with Gasteiger partial charge in [-0.2, -0.15) is 0 Å². The maximum absolute atomic E-state index is 11.9. The van der Waals surface area contributed by atoms with Gasteiger partial charge in [-0.25, -0.2) is 0 Å². The number of benzene rings is 2. The van der Waals surface area contributed by atoms with Gasteiger partial charge in [0.1, 0.15) is 0 Å². The van der Waals surface area contributed by atoms with Crippen molar-refractivity contribution in [2.45, 2.75) is 26.7 Å². The molecule has 0 fully saturated rings. The van der Waals surface area contributed by atoms with Gasteiger partial charge in [-0.3, -0.25) is 9.59 Å². The zero-order chi connectivity index (χ0) is 17.5. The third kappa shape index (κ3) is 5.81. The van der Waals surface area contributed by atoms with Crippen LogP contribution in [0.15, 0.2) is 46.9 Å². The largest absolute Gasteiger partial charge is 0.347 e. The Bertz CT molecular complexity index is 744. The van der Waals surface area contributed by atoms with Crippen LogP contribution in [0.25, 0.3) is 0 Å². The molecule has 0 saturated heterocycles. The molecule has 0 radical (unpaired) electrons. The molecule has 0 aliphatic carbocycles. The number of aryl methyl sites for hydroxylation is 3. The first-order chi connectivity index (χ1) is 11.4. The summed E-state index contributed by atoms with van der Waals surface area (Å²) < 4.78 is 0.961. The number of nitrogens with one attached hydrogen (secondary N) is 2. The van der Waals surface area contributed by atoms with Crippen LogP contribution in [0, 0.1) is 13.8 Å². The van der Waals surface area contributed by atoms with Crippen LogP contribution in [0.1, 0.15) is 23.1 Å². The van der Waals surface area contributed by atoms with E-state index < -0.39 is 0 Å². The van der Waals surface area contributed by atoms with Crippen LogP contribution in [0.3, 0.4) is 0 Å². The summed E-state index contributed by atoms with van der Waals surface area (Å²) >= 11 is 3.38. The zero-order valence-electron chi connectivity index (χ0n) is 13.9. The Kier molecular flexibility index (Phi) is 6.55. The van der Waals surface area contributed by atoms with Crippen molar-refractivity contribution in [1.29, 1.82) is 0 Å². The van der Waals surface area contributed by atoms with Crippen molar-refractivity contribution in [2.75, 3.05) is 11.9 Å². The fourth-order valence-electron chi connectivity index (χ4n) is 2.35. The Labute approximate surface area is 150 Å². The molecule has 0 atom stereocenters. The third-order valence-electron chi connectivity index (χ3n) is 3.63. The monoisotopic (exact) mass is 388 g/mol. The number of carbonyl (C=O) groups excluding carboxylic acids is 2. The van der Waals surface area contributed by atoms with Crippen molar-refractivity contribution in [3.8, 4) is 0 Å². The van der Waals surface area contributed by atoms with Crippen molar-refractivity contribution in [1.82, 2.24) is 5.32 Å². The predicted molar refractivity (Wildman–Crippen MR) is 100 cm³/mol. The minimum Gasteiger partial charge on any atom is -0.347 e. The molecule has 0 heterocycles. The van der Waals surface area contributed by atoms with Gasteiger partial charge in [0.25, 0.3) is 0 Å². The normalized spacial score (nSPS) is 10.3. The molecule has 2 rings (SSSR count). The molecule has 0 aliphatic rings. The van der Waals surface area contributed by atoms with E-state index in [0.717, 1.165) is 21.3 Å². The quantitative estimate of drug-likeness (QED) is 0.791. The smallest absolute Gasteiger partial charge is 0.243 e. The Morgan fingerprint density at radius 3 is 2.54 bits per heavy atom. The molecule has 0 bridgehead atoms. The molecular formula is C19H21BrN2O2. The fraction of sp³-hybridized carbons (Fsp3) is 0.263. The van der Waals surface area contributed by atoms with Crippen LogP contribution in [0.4, 0.5) is 5.69 Å². The molecule has 5 heteroatoms. The van der Waals surface area contributed by atoms with E-state index in [4.69, 9.17) is 0 Å². The van der Waals surface area contributed by atoms with Gasteiger partial charge in [0.15, 0.2) is 0 Å². The summed E-state index contributed by atoms with van der Waals surface area (Å²) in [6.45, 7) is 3.92. The first-order valence-electron chi connectivity index (χ1n) is 7.82. The van der Waals surface area contributed by atoms with E-state index in [-0.39, 0.29) is 18.4 Å². The molecule has 0 unspecified atom stereocenters. The van der Waals surface area contributed by atoms with Crippen LogP contribution < -0.4 is 10.6 Å². The van der Waals surface area contributed by atoms with Crippen LogP contribution in [0.5, 0.6) is 0 Å². The molecule has 2 aromatic rings. The topological polar surface area (TPSA) is 58.2 Å². The SMILES string of the molecule is Cc1cccc(CCC(=O)NCC(=O)Nc2ccc(Br)cc2C)c1. The van der Waals surface area contributed by atoms with E-state index in [2.05, 4.69) is 32.6 Å². The lowest BCUT2D eigenvalue weighted by molar-refractivity contribution is -0.124. The van der Waals surface area contributed by atoms with Gasteiger partial charge in [-0.15, -0.1) is 0 Å². The first kappa shape index (κ1) is 18.2. The molecule has 126 valence electrons. The lowest BCUT2D eigenvalue weighted by atomic mass is 10.1. The molecule has 0 aromatic heterocycles. The minimum atomic E-state index is -0.232. The van der Waals surface area contributed by atoms with Gasteiger partial charge < -0.3 is 10.6 Å². The number of amides is 2. The number of carbonyl (C=O) groups is 2. The fourth-order valence-corrected chi connectivity index (χ4v) is 2.83. The van der Waals surface area contributed by atoms with Gasteiger partial charge in [-0.05, 0) is 49.6 Å². The van der Waals surface area contributed by atoms with Crippen molar-refractivity contribution in [3.63, 3.8) is 0 Å². The molecule has 2 aromatic carbocycles. The van der Waals surface area contributed by atoms with E-state index in [1.165, 1.54) is 5.56 Å².